The van der Waals surface area contributed by atoms with Gasteiger partial charge in [0.25, 0.3) is 5.91 Å². The normalized spacial score (nSPS) is 15.8. The van der Waals surface area contributed by atoms with Crippen molar-refractivity contribution in [1.29, 1.82) is 0 Å². The molecule has 6 heteroatoms. The van der Waals surface area contributed by atoms with Gasteiger partial charge in [0.2, 0.25) is 0 Å². The Morgan fingerprint density at radius 3 is 2.64 bits per heavy atom. The molecule has 0 bridgehead atoms. The number of nitrogens with one attached hydrogen (secondary N) is 2. The Labute approximate surface area is 195 Å². The van der Waals surface area contributed by atoms with E-state index in [9.17, 15) is 9.59 Å². The molecule has 0 saturated carbocycles. The highest BCUT2D eigenvalue weighted by Gasteiger charge is 2.25. The molecule has 1 aliphatic heterocycles. The fraction of sp³-hybridized carbons (Fsp3) is 0.333. The lowest BCUT2D eigenvalue weighted by Gasteiger charge is -2.33. The first kappa shape index (κ1) is 22.6. The first-order valence-electron chi connectivity index (χ1n) is 11.6. The molecule has 172 valence electrons. The fourth-order valence-electron chi connectivity index (χ4n) is 4.24. The van der Waals surface area contributed by atoms with E-state index in [1.807, 2.05) is 72.5 Å². The maximum Gasteiger partial charge on any atom is 0.321 e. The number of urea groups is 1. The zero-order valence-corrected chi connectivity index (χ0v) is 19.3. The monoisotopic (exact) mass is 445 g/mol. The molecule has 2 aromatic carbocycles. The third kappa shape index (κ3) is 5.83. The van der Waals surface area contributed by atoms with Crippen LogP contribution in [0, 0.1) is 6.92 Å². The van der Waals surface area contributed by atoms with Crippen LogP contribution in [0.15, 0.2) is 65.1 Å². The van der Waals surface area contributed by atoms with E-state index in [1.54, 1.807) is 0 Å². The second-order valence-corrected chi connectivity index (χ2v) is 8.59. The minimum Gasteiger partial charge on any atom is -0.465 e. The van der Waals surface area contributed by atoms with Gasteiger partial charge < -0.3 is 20.0 Å². The van der Waals surface area contributed by atoms with Crippen LogP contribution in [-0.2, 0) is 13.0 Å². The summed E-state index contributed by atoms with van der Waals surface area (Å²) in [5, 5.41) is 5.93. The van der Waals surface area contributed by atoms with Crippen molar-refractivity contribution < 1.29 is 14.0 Å². The average Bonchev–Trinajstić information content (AvgIpc) is 3.28. The lowest BCUT2D eigenvalue weighted by Crippen LogP contribution is -2.41. The van der Waals surface area contributed by atoms with E-state index in [-0.39, 0.29) is 17.9 Å². The van der Waals surface area contributed by atoms with Crippen molar-refractivity contribution in [2.45, 2.75) is 45.6 Å². The van der Waals surface area contributed by atoms with E-state index < -0.39 is 0 Å². The summed E-state index contributed by atoms with van der Waals surface area (Å²) in [6, 6.07) is 19.4. The van der Waals surface area contributed by atoms with E-state index in [1.165, 1.54) is 5.56 Å². The van der Waals surface area contributed by atoms with Gasteiger partial charge in [-0.15, -0.1) is 0 Å². The average molecular weight is 446 g/mol. The summed E-state index contributed by atoms with van der Waals surface area (Å²) in [6.07, 6.45) is 2.90. The molecule has 1 atom stereocenters. The van der Waals surface area contributed by atoms with Crippen LogP contribution in [0.3, 0.4) is 0 Å². The molecule has 33 heavy (non-hydrogen) atoms. The van der Waals surface area contributed by atoms with E-state index in [2.05, 4.69) is 17.6 Å². The zero-order valence-electron chi connectivity index (χ0n) is 19.3. The van der Waals surface area contributed by atoms with Gasteiger partial charge in [0.05, 0.1) is 6.54 Å². The van der Waals surface area contributed by atoms with E-state index in [4.69, 9.17) is 4.42 Å². The third-order valence-electron chi connectivity index (χ3n) is 6.16. The molecule has 1 saturated heterocycles. The highest BCUT2D eigenvalue weighted by molar-refractivity contribution is 5.94. The highest BCUT2D eigenvalue weighted by Crippen LogP contribution is 2.28. The molecule has 4 rings (SSSR count). The van der Waals surface area contributed by atoms with Crippen molar-refractivity contribution in [1.82, 2.24) is 10.2 Å². The standard InChI is InChI=1S/C27H31N3O3/c1-3-20-10-12-24(13-11-20)29-27(32)30-15-5-8-23(18-30)21-6-4-7-22(16-21)26(31)28-17-25-14-9-19(2)33-25/h4,6-7,9-14,16,23H,3,5,8,15,17-18H2,1-2H3,(H,28,31)(H,29,32)/t23-/m1/s1. The maximum atomic E-state index is 12.8. The Bertz CT molecular complexity index is 1100. The van der Waals surface area contributed by atoms with Crippen LogP contribution >= 0.6 is 0 Å². The van der Waals surface area contributed by atoms with Crippen LogP contribution in [0.2, 0.25) is 0 Å². The second-order valence-electron chi connectivity index (χ2n) is 8.59. The number of piperidine rings is 1. The summed E-state index contributed by atoms with van der Waals surface area (Å²) in [5.74, 6) is 1.62. The molecular formula is C27H31N3O3. The van der Waals surface area contributed by atoms with Crippen LogP contribution in [0.5, 0.6) is 0 Å². The van der Waals surface area contributed by atoms with Crippen molar-refractivity contribution in [2.75, 3.05) is 18.4 Å². The predicted octanol–water partition coefficient (Wildman–Crippen LogP) is 5.49. The maximum absolute atomic E-state index is 12.8. The number of likely N-dealkylation sites (tertiary alicyclic amines) is 1. The molecule has 1 aromatic heterocycles. The molecule has 3 amide bonds. The number of hydrogen-bond donors (Lipinski definition) is 2. The summed E-state index contributed by atoms with van der Waals surface area (Å²) in [5.41, 5.74) is 3.76. The van der Waals surface area contributed by atoms with Crippen LogP contribution in [0.25, 0.3) is 0 Å². The highest BCUT2D eigenvalue weighted by atomic mass is 16.3. The number of carbonyl (C=O) groups is 2. The Morgan fingerprint density at radius 2 is 1.91 bits per heavy atom. The van der Waals surface area contributed by atoms with Gasteiger partial charge in [-0.25, -0.2) is 4.79 Å². The molecule has 2 heterocycles. The smallest absolute Gasteiger partial charge is 0.321 e. The minimum atomic E-state index is -0.133. The number of carbonyl (C=O) groups excluding carboxylic acids is 2. The van der Waals surface area contributed by atoms with Gasteiger partial charge in [-0.1, -0.05) is 31.2 Å². The fourth-order valence-corrected chi connectivity index (χ4v) is 4.24. The first-order valence-corrected chi connectivity index (χ1v) is 11.6. The Balaban J connectivity index is 1.37. The number of rotatable bonds is 6. The Hall–Kier alpha value is -3.54. The molecule has 1 aliphatic rings. The summed E-state index contributed by atoms with van der Waals surface area (Å²) in [6.45, 7) is 5.71. The van der Waals surface area contributed by atoms with Crippen molar-refractivity contribution >= 4 is 17.6 Å². The van der Waals surface area contributed by atoms with E-state index in [0.717, 1.165) is 48.6 Å². The number of amides is 3. The molecule has 6 nitrogen and oxygen atoms in total. The molecule has 0 spiro atoms. The quantitative estimate of drug-likeness (QED) is 0.527. The minimum absolute atomic E-state index is 0.0772. The van der Waals surface area contributed by atoms with Crippen molar-refractivity contribution in [3.8, 4) is 0 Å². The van der Waals surface area contributed by atoms with Crippen LogP contribution in [0.1, 0.15) is 58.7 Å². The summed E-state index contributed by atoms with van der Waals surface area (Å²) in [4.78, 5) is 27.4. The van der Waals surface area contributed by atoms with Gasteiger partial charge in [-0.2, -0.15) is 0 Å². The van der Waals surface area contributed by atoms with Crippen LogP contribution in [0.4, 0.5) is 10.5 Å². The SMILES string of the molecule is CCc1ccc(NC(=O)N2CCC[C@@H](c3cccc(C(=O)NCc4ccc(C)o4)c3)C2)cc1. The van der Waals surface area contributed by atoms with Gasteiger partial charge in [0, 0.05) is 30.3 Å². The van der Waals surface area contributed by atoms with E-state index >= 15 is 0 Å². The predicted molar refractivity (Wildman–Crippen MR) is 129 cm³/mol. The lowest BCUT2D eigenvalue weighted by molar-refractivity contribution is 0.0947. The van der Waals surface area contributed by atoms with Crippen molar-refractivity contribution in [2.24, 2.45) is 0 Å². The molecule has 0 unspecified atom stereocenters. The molecule has 1 fully saturated rings. The molecule has 3 aromatic rings. The number of aryl methyl sites for hydroxylation is 2. The Kier molecular flexibility index (Phi) is 7.13. The molecule has 0 radical (unpaired) electrons. The molecular weight excluding hydrogens is 414 g/mol. The number of furan rings is 1. The van der Waals surface area contributed by atoms with Crippen LogP contribution in [-0.4, -0.2) is 29.9 Å². The van der Waals surface area contributed by atoms with Gasteiger partial charge in [-0.05, 0) is 73.7 Å². The summed E-state index contributed by atoms with van der Waals surface area (Å²) < 4.78 is 5.52. The number of anilines is 1. The van der Waals surface area contributed by atoms with Gasteiger partial charge in [0.15, 0.2) is 0 Å². The third-order valence-corrected chi connectivity index (χ3v) is 6.16. The van der Waals surface area contributed by atoms with Crippen LogP contribution < -0.4 is 10.6 Å². The van der Waals surface area contributed by atoms with Gasteiger partial charge in [-0.3, -0.25) is 4.79 Å². The molecule has 2 N–H and O–H groups in total. The second kappa shape index (κ2) is 10.4. The molecule has 0 aliphatic carbocycles. The first-order chi connectivity index (χ1) is 16.0. The lowest BCUT2D eigenvalue weighted by atomic mass is 9.89. The summed E-state index contributed by atoms with van der Waals surface area (Å²) >= 11 is 0. The van der Waals surface area contributed by atoms with Gasteiger partial charge >= 0.3 is 6.03 Å². The summed E-state index contributed by atoms with van der Waals surface area (Å²) in [7, 11) is 0. The van der Waals surface area contributed by atoms with Gasteiger partial charge in [0.1, 0.15) is 11.5 Å². The van der Waals surface area contributed by atoms with E-state index in [0.29, 0.717) is 18.7 Å². The zero-order chi connectivity index (χ0) is 23.2. The Morgan fingerprint density at radius 1 is 1.09 bits per heavy atom. The largest absolute Gasteiger partial charge is 0.465 e. The van der Waals surface area contributed by atoms with Crippen molar-refractivity contribution in [3.05, 3.63) is 88.9 Å². The number of nitrogens with zero attached hydrogens (tertiary/aromatic N) is 1. The number of hydrogen-bond acceptors (Lipinski definition) is 3. The topological polar surface area (TPSA) is 74.6 Å². The van der Waals surface area contributed by atoms with Crippen molar-refractivity contribution in [3.63, 3.8) is 0 Å². The number of benzene rings is 2.